The number of carbonyl (C=O) groups is 1. The lowest BCUT2D eigenvalue weighted by atomic mass is 9.64. The monoisotopic (exact) mass is 548 g/mol. The lowest BCUT2D eigenvalue weighted by Crippen LogP contribution is -2.59. The average molecular weight is 549 g/mol. The van der Waals surface area contributed by atoms with Crippen LogP contribution in [0, 0.1) is 17.8 Å². The molecule has 2 aliphatic heterocycles. The number of piperidine rings is 2. The van der Waals surface area contributed by atoms with E-state index in [2.05, 4.69) is 22.0 Å². The van der Waals surface area contributed by atoms with Crippen molar-refractivity contribution in [1.29, 1.82) is 0 Å². The normalized spacial score (nSPS) is 32.6. The van der Waals surface area contributed by atoms with Crippen LogP contribution in [-0.2, 0) is 9.63 Å². The Morgan fingerprint density at radius 3 is 2.33 bits per heavy atom. The number of rotatable bonds is 8. The molecule has 4 bridgehead atoms. The number of aliphatic carboxylic acids is 1. The van der Waals surface area contributed by atoms with Crippen LogP contribution in [0.1, 0.15) is 102 Å². The van der Waals surface area contributed by atoms with Crippen LogP contribution >= 0.6 is 0 Å². The Morgan fingerprint density at radius 1 is 0.975 bits per heavy atom. The Morgan fingerprint density at radius 2 is 1.68 bits per heavy atom. The van der Waals surface area contributed by atoms with Crippen LogP contribution in [-0.4, -0.2) is 56.5 Å². The summed E-state index contributed by atoms with van der Waals surface area (Å²) in [4.78, 5) is 38.1. The van der Waals surface area contributed by atoms with Gasteiger partial charge in [0, 0.05) is 30.6 Å². The van der Waals surface area contributed by atoms with Crippen LogP contribution in [0.2, 0.25) is 0 Å². The summed E-state index contributed by atoms with van der Waals surface area (Å²) in [5.41, 5.74) is 1.90. The first-order valence-corrected chi connectivity index (χ1v) is 15.6. The van der Waals surface area contributed by atoms with Gasteiger partial charge in [-0.15, -0.1) is 0 Å². The van der Waals surface area contributed by atoms with Crippen LogP contribution < -0.4 is 5.56 Å². The third-order valence-electron chi connectivity index (χ3n) is 10.4. The van der Waals surface area contributed by atoms with E-state index in [0.717, 1.165) is 41.6 Å². The van der Waals surface area contributed by atoms with Crippen molar-refractivity contribution in [3.63, 3.8) is 0 Å². The minimum absolute atomic E-state index is 0.0848. The third-order valence-corrected chi connectivity index (χ3v) is 10.4. The number of hydrogen-bond donors (Lipinski definition) is 1. The lowest BCUT2D eigenvalue weighted by molar-refractivity contribution is -0.136. The van der Waals surface area contributed by atoms with E-state index >= 15 is 0 Å². The molecule has 0 amide bonds. The fraction of sp³-hybridized carbons (Fsp3) is 0.688. The maximum absolute atomic E-state index is 14.1. The van der Waals surface area contributed by atoms with E-state index in [9.17, 15) is 14.7 Å². The second kappa shape index (κ2) is 11.6. The summed E-state index contributed by atoms with van der Waals surface area (Å²) in [5.74, 6) is 1.76. The minimum Gasteiger partial charge on any atom is -0.481 e. The molecule has 1 aromatic heterocycles. The summed E-state index contributed by atoms with van der Waals surface area (Å²) in [7, 11) is 1.42. The number of carboxylic acids is 1. The molecule has 3 heterocycles. The molecule has 4 atom stereocenters. The molecular formula is C32H44N4O4. The molecule has 6 rings (SSSR count). The zero-order valence-electron chi connectivity index (χ0n) is 24.0. The highest BCUT2D eigenvalue weighted by molar-refractivity contribution is 6.00. The van der Waals surface area contributed by atoms with Gasteiger partial charge in [-0.3, -0.25) is 14.5 Å². The molecule has 1 N–H and O–H groups in total. The second-order valence-corrected chi connectivity index (χ2v) is 12.9. The number of carboxylic acid groups (broad SMARTS) is 1. The molecule has 40 heavy (non-hydrogen) atoms. The number of aromatic nitrogens is 2. The van der Waals surface area contributed by atoms with E-state index in [-0.39, 0.29) is 30.1 Å². The fourth-order valence-electron chi connectivity index (χ4n) is 8.97. The number of oxime groups is 1. The van der Waals surface area contributed by atoms with Gasteiger partial charge in [-0.2, -0.15) is 0 Å². The van der Waals surface area contributed by atoms with Gasteiger partial charge in [0.15, 0.2) is 5.69 Å². The van der Waals surface area contributed by atoms with E-state index in [0.29, 0.717) is 23.8 Å². The molecule has 2 saturated heterocycles. The van der Waals surface area contributed by atoms with Crippen molar-refractivity contribution in [2.75, 3.05) is 7.11 Å². The molecule has 1 aromatic carbocycles. The van der Waals surface area contributed by atoms with Gasteiger partial charge in [-0.1, -0.05) is 37.1 Å². The molecule has 8 heteroatoms. The van der Waals surface area contributed by atoms with Gasteiger partial charge in [0.1, 0.15) is 12.8 Å². The Bertz CT molecular complexity index is 1290. The predicted molar refractivity (Wildman–Crippen MR) is 156 cm³/mol. The SMILES string of the molecule is CCC1CC2CC(C1)CC(N1C3CCCC1CC(n1c(=O)c(C(CCC(=O)O)=NOC)nc4ccccc41)C3)C2. The highest BCUT2D eigenvalue weighted by Crippen LogP contribution is 2.49. The first-order valence-electron chi connectivity index (χ1n) is 15.6. The summed E-state index contributed by atoms with van der Waals surface area (Å²) in [6.45, 7) is 2.37. The summed E-state index contributed by atoms with van der Waals surface area (Å²) < 4.78 is 1.97. The summed E-state index contributed by atoms with van der Waals surface area (Å²) >= 11 is 0. The van der Waals surface area contributed by atoms with Crippen molar-refractivity contribution in [2.45, 2.75) is 115 Å². The van der Waals surface area contributed by atoms with E-state index < -0.39 is 5.97 Å². The predicted octanol–water partition coefficient (Wildman–Crippen LogP) is 5.77. The van der Waals surface area contributed by atoms with Gasteiger partial charge in [0.25, 0.3) is 5.56 Å². The minimum atomic E-state index is -0.942. The van der Waals surface area contributed by atoms with Crippen LogP contribution in [0.25, 0.3) is 11.0 Å². The number of para-hydroxylation sites is 2. The summed E-state index contributed by atoms with van der Waals surface area (Å²) in [6.07, 6.45) is 13.9. The largest absolute Gasteiger partial charge is 0.481 e. The van der Waals surface area contributed by atoms with Crippen LogP contribution in [0.3, 0.4) is 0 Å². The van der Waals surface area contributed by atoms with Gasteiger partial charge >= 0.3 is 5.97 Å². The second-order valence-electron chi connectivity index (χ2n) is 12.9. The number of benzene rings is 1. The summed E-state index contributed by atoms with van der Waals surface area (Å²) in [6, 6.07) is 9.60. The number of hydrogen-bond acceptors (Lipinski definition) is 6. The molecule has 2 saturated carbocycles. The molecule has 0 spiro atoms. The number of nitrogens with zero attached hydrogens (tertiary/aromatic N) is 4. The Hall–Kier alpha value is -2.74. The maximum Gasteiger partial charge on any atom is 0.303 e. The van der Waals surface area contributed by atoms with E-state index in [4.69, 9.17) is 4.84 Å². The first-order chi connectivity index (χ1) is 19.4. The van der Waals surface area contributed by atoms with Gasteiger partial charge in [-0.25, -0.2) is 4.98 Å². The molecule has 2 aromatic rings. The zero-order chi connectivity index (χ0) is 27.8. The molecule has 4 aliphatic rings. The average Bonchev–Trinajstić information content (AvgIpc) is 2.93. The smallest absolute Gasteiger partial charge is 0.303 e. The van der Waals surface area contributed by atoms with E-state index in [1.54, 1.807) is 0 Å². The lowest BCUT2D eigenvalue weighted by Gasteiger charge is -2.56. The van der Waals surface area contributed by atoms with Gasteiger partial charge < -0.3 is 14.5 Å². The van der Waals surface area contributed by atoms with E-state index in [1.807, 2.05) is 28.8 Å². The van der Waals surface area contributed by atoms with Gasteiger partial charge in [-0.05, 0) is 87.7 Å². The molecule has 2 aliphatic carbocycles. The quantitative estimate of drug-likeness (QED) is 0.332. The molecule has 216 valence electrons. The van der Waals surface area contributed by atoms with Crippen molar-refractivity contribution in [1.82, 2.24) is 14.5 Å². The molecular weight excluding hydrogens is 504 g/mol. The molecule has 4 fully saturated rings. The maximum atomic E-state index is 14.1. The fourth-order valence-corrected chi connectivity index (χ4v) is 8.97. The standard InChI is InChI=1S/C32H44N4O4/c1-3-20-13-21-15-22(14-20)17-25(16-21)35-23-7-6-8-24(35)19-26(18-23)36-29-10-5-4-9-27(29)33-31(32(36)39)28(34-40-2)11-12-30(37)38/h4-5,9-10,20-26H,3,6-8,11-19H2,1-2H3,(H,37,38). The molecule has 8 nitrogen and oxygen atoms in total. The van der Waals surface area contributed by atoms with Crippen molar-refractivity contribution in [3.05, 3.63) is 40.3 Å². The zero-order valence-corrected chi connectivity index (χ0v) is 24.0. The Balaban J connectivity index is 1.32. The van der Waals surface area contributed by atoms with Crippen molar-refractivity contribution in [3.8, 4) is 0 Å². The third kappa shape index (κ3) is 5.31. The van der Waals surface area contributed by atoms with Crippen LogP contribution in [0.4, 0.5) is 0 Å². The van der Waals surface area contributed by atoms with Crippen molar-refractivity contribution in [2.24, 2.45) is 22.9 Å². The highest BCUT2D eigenvalue weighted by Gasteiger charge is 2.46. The molecule has 0 radical (unpaired) electrons. The van der Waals surface area contributed by atoms with E-state index in [1.165, 1.54) is 64.9 Å². The topological polar surface area (TPSA) is 97.0 Å². The number of fused-ring (bicyclic) bond motifs is 5. The van der Waals surface area contributed by atoms with Gasteiger partial charge in [0.05, 0.1) is 17.5 Å². The van der Waals surface area contributed by atoms with Crippen LogP contribution in [0.15, 0.2) is 34.2 Å². The Kier molecular flexibility index (Phi) is 7.98. The van der Waals surface area contributed by atoms with Crippen molar-refractivity contribution < 1.29 is 14.7 Å². The highest BCUT2D eigenvalue weighted by atomic mass is 16.6. The first kappa shape index (κ1) is 27.4. The van der Waals surface area contributed by atoms with Crippen LogP contribution in [0.5, 0.6) is 0 Å². The summed E-state index contributed by atoms with van der Waals surface area (Å²) in [5, 5.41) is 13.3. The van der Waals surface area contributed by atoms with Gasteiger partial charge in [0.2, 0.25) is 0 Å². The Labute approximate surface area is 236 Å². The molecule has 4 unspecified atom stereocenters. The van der Waals surface area contributed by atoms with Crippen molar-refractivity contribution >= 4 is 22.7 Å².